The van der Waals surface area contributed by atoms with Gasteiger partial charge in [-0.25, -0.2) is 4.79 Å². The van der Waals surface area contributed by atoms with Crippen LogP contribution < -0.4 is 0 Å². The molecule has 0 saturated heterocycles. The van der Waals surface area contributed by atoms with Gasteiger partial charge in [0.05, 0.1) is 5.02 Å². The third-order valence-corrected chi connectivity index (χ3v) is 3.71. The summed E-state index contributed by atoms with van der Waals surface area (Å²) in [5.74, 6) is -0.860. The van der Waals surface area contributed by atoms with Crippen LogP contribution in [0.15, 0.2) is 42.6 Å². The second kappa shape index (κ2) is 7.53. The topological polar surface area (TPSA) is 62.4 Å². The van der Waals surface area contributed by atoms with Crippen LogP contribution in [-0.4, -0.2) is 33.9 Å². The molecule has 0 aliphatic rings. The number of aromatic nitrogens is 1. The van der Waals surface area contributed by atoms with Gasteiger partial charge in [0.15, 0.2) is 6.61 Å². The minimum Gasteiger partial charge on any atom is -0.451 e. The molecule has 1 aromatic heterocycles. The molecule has 0 radical (unpaired) electrons. The summed E-state index contributed by atoms with van der Waals surface area (Å²) >= 11 is 5.75. The van der Waals surface area contributed by atoms with E-state index in [0.717, 1.165) is 5.56 Å². The van der Waals surface area contributed by atoms with Gasteiger partial charge in [0, 0.05) is 18.3 Å². The van der Waals surface area contributed by atoms with E-state index in [1.165, 1.54) is 12.3 Å². The molecule has 0 aliphatic heterocycles. The largest absolute Gasteiger partial charge is 0.451 e. The molecule has 5 nitrogen and oxygen atoms in total. The number of H-pyrrole nitrogens is 1. The summed E-state index contributed by atoms with van der Waals surface area (Å²) < 4.78 is 5.10. The standard InChI is InChI=1S/C18H21ClN2O3/c1-18(2,3)21(11-13-7-5-4-6-8-13)16(22)12-24-17(23)15-9-14(19)10-20-15/h4-10,20H,11-12H2,1-3H3. The van der Waals surface area contributed by atoms with Crippen LogP contribution >= 0.6 is 11.6 Å². The zero-order valence-corrected chi connectivity index (χ0v) is 14.8. The molecule has 1 aromatic carbocycles. The zero-order valence-electron chi connectivity index (χ0n) is 14.0. The number of nitrogens with zero attached hydrogens (tertiary/aromatic N) is 1. The molecule has 2 aromatic rings. The first kappa shape index (κ1) is 18.1. The number of carbonyl (C=O) groups is 2. The number of halogens is 1. The van der Waals surface area contributed by atoms with Gasteiger partial charge in [0.25, 0.3) is 5.91 Å². The molecule has 0 saturated carbocycles. The summed E-state index contributed by atoms with van der Waals surface area (Å²) in [5.41, 5.74) is 0.844. The quantitative estimate of drug-likeness (QED) is 0.839. The molecule has 0 spiro atoms. The lowest BCUT2D eigenvalue weighted by atomic mass is 10.0. The van der Waals surface area contributed by atoms with Crippen LogP contribution in [0.5, 0.6) is 0 Å². The van der Waals surface area contributed by atoms with Crippen molar-refractivity contribution in [3.63, 3.8) is 0 Å². The number of hydrogen-bond donors (Lipinski definition) is 1. The average Bonchev–Trinajstić information content (AvgIpc) is 2.96. The molecule has 1 amide bonds. The lowest BCUT2D eigenvalue weighted by Crippen LogP contribution is -2.46. The maximum absolute atomic E-state index is 12.5. The highest BCUT2D eigenvalue weighted by Crippen LogP contribution is 2.18. The smallest absolute Gasteiger partial charge is 0.355 e. The highest BCUT2D eigenvalue weighted by Gasteiger charge is 2.27. The Morgan fingerprint density at radius 2 is 1.88 bits per heavy atom. The van der Waals surface area contributed by atoms with Crippen molar-refractivity contribution >= 4 is 23.5 Å². The Labute approximate surface area is 146 Å². The first-order valence-electron chi connectivity index (χ1n) is 7.63. The van der Waals surface area contributed by atoms with Crippen molar-refractivity contribution in [2.75, 3.05) is 6.61 Å². The molecular formula is C18H21ClN2O3. The molecule has 128 valence electrons. The summed E-state index contributed by atoms with van der Waals surface area (Å²) in [7, 11) is 0. The van der Waals surface area contributed by atoms with Crippen LogP contribution in [-0.2, 0) is 16.1 Å². The van der Waals surface area contributed by atoms with Crippen LogP contribution in [0.25, 0.3) is 0 Å². The van der Waals surface area contributed by atoms with Crippen molar-refractivity contribution in [2.24, 2.45) is 0 Å². The van der Waals surface area contributed by atoms with E-state index < -0.39 is 11.5 Å². The summed E-state index contributed by atoms with van der Waals surface area (Å²) in [6, 6.07) is 11.2. The Balaban J connectivity index is 2.01. The molecule has 6 heteroatoms. The minimum absolute atomic E-state index is 0.221. The predicted octanol–water partition coefficient (Wildman–Crippen LogP) is 3.65. The van der Waals surface area contributed by atoms with E-state index in [-0.39, 0.29) is 18.2 Å². The van der Waals surface area contributed by atoms with Gasteiger partial charge >= 0.3 is 5.97 Å². The van der Waals surface area contributed by atoms with Crippen molar-refractivity contribution < 1.29 is 14.3 Å². The molecule has 2 rings (SSSR count). The molecule has 0 atom stereocenters. The first-order valence-corrected chi connectivity index (χ1v) is 8.00. The molecular weight excluding hydrogens is 328 g/mol. The first-order chi connectivity index (χ1) is 11.3. The van der Waals surface area contributed by atoms with Gasteiger partial charge in [-0.05, 0) is 32.4 Å². The van der Waals surface area contributed by atoms with Crippen molar-refractivity contribution in [2.45, 2.75) is 32.9 Å². The molecule has 0 unspecified atom stereocenters. The van der Waals surface area contributed by atoms with Crippen LogP contribution in [0.2, 0.25) is 5.02 Å². The zero-order chi connectivity index (χ0) is 17.7. The van der Waals surface area contributed by atoms with E-state index in [9.17, 15) is 9.59 Å². The Hall–Kier alpha value is -2.27. The van der Waals surface area contributed by atoms with E-state index in [4.69, 9.17) is 16.3 Å². The predicted molar refractivity (Wildman–Crippen MR) is 92.8 cm³/mol. The summed E-state index contributed by atoms with van der Waals surface area (Å²) in [4.78, 5) is 28.8. The maximum atomic E-state index is 12.5. The maximum Gasteiger partial charge on any atom is 0.355 e. The van der Waals surface area contributed by atoms with Crippen molar-refractivity contribution in [1.82, 2.24) is 9.88 Å². The van der Waals surface area contributed by atoms with Gasteiger partial charge < -0.3 is 14.6 Å². The SMILES string of the molecule is CC(C)(C)N(Cc1ccccc1)C(=O)COC(=O)c1cc(Cl)c[nH]1. The van der Waals surface area contributed by atoms with Crippen LogP contribution in [0, 0.1) is 0 Å². The van der Waals surface area contributed by atoms with Gasteiger partial charge in [-0.2, -0.15) is 0 Å². The fraction of sp³-hybridized carbons (Fsp3) is 0.333. The molecule has 1 N–H and O–H groups in total. The number of ether oxygens (including phenoxy) is 1. The van der Waals surface area contributed by atoms with Crippen LogP contribution in [0.3, 0.4) is 0 Å². The van der Waals surface area contributed by atoms with Crippen molar-refractivity contribution in [3.8, 4) is 0 Å². The number of carbonyl (C=O) groups excluding carboxylic acids is 2. The van der Waals surface area contributed by atoms with Gasteiger partial charge in [-0.1, -0.05) is 41.9 Å². The number of benzene rings is 1. The van der Waals surface area contributed by atoms with Gasteiger partial charge in [0.1, 0.15) is 5.69 Å². The number of amides is 1. The van der Waals surface area contributed by atoms with Gasteiger partial charge in [-0.15, -0.1) is 0 Å². The number of rotatable bonds is 5. The second-order valence-electron chi connectivity index (χ2n) is 6.44. The molecule has 1 heterocycles. The van der Waals surface area contributed by atoms with Gasteiger partial charge in [-0.3, -0.25) is 4.79 Å². The highest BCUT2D eigenvalue weighted by molar-refractivity contribution is 6.30. The lowest BCUT2D eigenvalue weighted by Gasteiger charge is -2.35. The van der Waals surface area contributed by atoms with Crippen molar-refractivity contribution in [3.05, 3.63) is 58.9 Å². The molecule has 24 heavy (non-hydrogen) atoms. The Morgan fingerprint density at radius 3 is 2.42 bits per heavy atom. The van der Waals surface area contributed by atoms with E-state index in [1.54, 1.807) is 4.90 Å². The molecule has 0 aliphatic carbocycles. The third kappa shape index (κ3) is 4.86. The Bertz CT molecular complexity index is 705. The Kier molecular flexibility index (Phi) is 5.67. The summed E-state index contributed by atoms with van der Waals surface area (Å²) in [6.07, 6.45) is 1.48. The third-order valence-electron chi connectivity index (χ3n) is 3.49. The Morgan fingerprint density at radius 1 is 1.21 bits per heavy atom. The van der Waals surface area contributed by atoms with E-state index >= 15 is 0 Å². The number of nitrogens with one attached hydrogen (secondary N) is 1. The number of hydrogen-bond acceptors (Lipinski definition) is 3. The number of aromatic amines is 1. The number of esters is 1. The fourth-order valence-electron chi connectivity index (χ4n) is 2.23. The van der Waals surface area contributed by atoms with E-state index in [0.29, 0.717) is 11.6 Å². The minimum atomic E-state index is -0.608. The molecule has 0 bridgehead atoms. The second-order valence-corrected chi connectivity index (χ2v) is 6.88. The fourth-order valence-corrected chi connectivity index (χ4v) is 2.40. The van der Waals surface area contributed by atoms with E-state index in [2.05, 4.69) is 4.98 Å². The normalized spacial score (nSPS) is 11.2. The highest BCUT2D eigenvalue weighted by atomic mass is 35.5. The van der Waals surface area contributed by atoms with Gasteiger partial charge in [0.2, 0.25) is 0 Å². The van der Waals surface area contributed by atoms with E-state index in [1.807, 2.05) is 51.1 Å². The lowest BCUT2D eigenvalue weighted by molar-refractivity contribution is -0.140. The van der Waals surface area contributed by atoms with Crippen LogP contribution in [0.4, 0.5) is 0 Å². The van der Waals surface area contributed by atoms with Crippen LogP contribution in [0.1, 0.15) is 36.8 Å². The average molecular weight is 349 g/mol. The molecule has 0 fully saturated rings. The summed E-state index contributed by atoms with van der Waals surface area (Å²) in [6.45, 7) is 5.97. The van der Waals surface area contributed by atoms with Crippen molar-refractivity contribution in [1.29, 1.82) is 0 Å². The monoisotopic (exact) mass is 348 g/mol. The summed E-state index contributed by atoms with van der Waals surface area (Å²) in [5, 5.41) is 0.411.